The van der Waals surface area contributed by atoms with E-state index in [1.165, 1.54) is 66.8 Å². The summed E-state index contributed by atoms with van der Waals surface area (Å²) in [5.74, 6) is 0. The van der Waals surface area contributed by atoms with Gasteiger partial charge in [-0.1, -0.05) is 180 Å². The number of hydrogen-bond acceptors (Lipinski definition) is 0. The maximum atomic E-state index is 2.53. The number of hydrogen-bond donors (Lipinski definition) is 0. The molecule has 5 rings (SSSR count). The maximum Gasteiger partial charge on any atom is -0.00957 e. The van der Waals surface area contributed by atoms with E-state index in [1.807, 2.05) is 0 Å². The van der Waals surface area contributed by atoms with E-state index in [0.29, 0.717) is 0 Å². The third-order valence-electron chi connectivity index (χ3n) is 9.26. The first kappa shape index (κ1) is 33.5. The van der Waals surface area contributed by atoms with Crippen LogP contribution < -0.4 is 0 Å². The molecule has 0 aliphatic heterocycles. The molecule has 0 aromatic heterocycles. The Morgan fingerprint density at radius 3 is 0.587 bits per heavy atom. The molecular weight excluding hydrogens is 553 g/mol. The van der Waals surface area contributed by atoms with Crippen molar-refractivity contribution in [1.29, 1.82) is 0 Å². The molecule has 0 heterocycles. The van der Waals surface area contributed by atoms with E-state index in [1.54, 1.807) is 0 Å². The summed E-state index contributed by atoms with van der Waals surface area (Å²) in [6.07, 6.45) is 0. The molecule has 0 fully saturated rings. The summed E-state index contributed by atoms with van der Waals surface area (Å²) < 4.78 is 0. The predicted octanol–water partition coefficient (Wildman–Crippen LogP) is 13.5. The van der Waals surface area contributed by atoms with Crippen molar-refractivity contribution in [2.45, 2.75) is 105 Å². The van der Waals surface area contributed by atoms with Crippen LogP contribution >= 0.6 is 0 Å². The van der Waals surface area contributed by atoms with Gasteiger partial charge in [0.2, 0.25) is 0 Å². The van der Waals surface area contributed by atoms with Gasteiger partial charge < -0.3 is 0 Å². The lowest BCUT2D eigenvalue weighted by molar-refractivity contribution is 0.590. The Morgan fingerprint density at radius 1 is 0.239 bits per heavy atom. The first-order chi connectivity index (χ1) is 21.4. The lowest BCUT2D eigenvalue weighted by Gasteiger charge is -2.30. The molecule has 0 heteroatoms. The van der Waals surface area contributed by atoms with E-state index in [9.17, 15) is 0 Å². The normalized spacial score (nSPS) is 12.8. The molecule has 0 saturated carbocycles. The average Bonchev–Trinajstić information content (AvgIpc) is 2.99. The smallest absolute Gasteiger partial charge is 0.00957 e. The average molecular weight is 607 g/mol. The van der Waals surface area contributed by atoms with Gasteiger partial charge in [-0.3, -0.25) is 0 Å². The second-order valence-corrected chi connectivity index (χ2v) is 17.1. The highest BCUT2D eigenvalue weighted by Crippen LogP contribution is 2.49. The fraction of sp³-hybridized carbons (Fsp3) is 0.348. The molecule has 0 saturated heterocycles. The van der Waals surface area contributed by atoms with E-state index >= 15 is 0 Å². The Kier molecular flexibility index (Phi) is 8.76. The molecule has 5 aromatic carbocycles. The minimum Gasteiger partial charge on any atom is -0.0619 e. The van der Waals surface area contributed by atoms with Crippen LogP contribution in [0.25, 0.3) is 44.5 Å². The summed E-state index contributed by atoms with van der Waals surface area (Å²) in [6, 6.07) is 41.3. The van der Waals surface area contributed by atoms with E-state index in [0.717, 1.165) is 0 Å². The standard InChI is InChI=1S/C46H54/c1-43(2,3)39-25-17-13-21-31(39)35-29-37(33-23-15-19-27-41(33)45(7,8)9)38(34-24-16-20-28-42(34)46(10,11)12)30-36(35)32-22-14-18-26-40(32)44(4,5)6/h13-30H,1-12H3. The van der Waals surface area contributed by atoms with E-state index < -0.39 is 0 Å². The van der Waals surface area contributed by atoms with Gasteiger partial charge in [0.05, 0.1) is 0 Å². The van der Waals surface area contributed by atoms with E-state index in [2.05, 4.69) is 192 Å². The Bertz CT molecular complexity index is 1580. The van der Waals surface area contributed by atoms with Gasteiger partial charge in [-0.05, 0) is 101 Å². The van der Waals surface area contributed by atoms with Gasteiger partial charge in [-0.25, -0.2) is 0 Å². The van der Waals surface area contributed by atoms with Gasteiger partial charge in [0.15, 0.2) is 0 Å². The molecule has 0 aliphatic carbocycles. The molecular formula is C46H54. The Balaban J connectivity index is 2.05. The van der Waals surface area contributed by atoms with Gasteiger partial charge in [0.25, 0.3) is 0 Å². The molecule has 0 unspecified atom stereocenters. The van der Waals surface area contributed by atoms with Crippen LogP contribution in [-0.2, 0) is 21.7 Å². The van der Waals surface area contributed by atoms with Crippen LogP contribution in [0.1, 0.15) is 105 Å². The number of rotatable bonds is 4. The zero-order valence-corrected chi connectivity index (χ0v) is 30.4. The van der Waals surface area contributed by atoms with Gasteiger partial charge >= 0.3 is 0 Å². The van der Waals surface area contributed by atoms with Gasteiger partial charge in [-0.2, -0.15) is 0 Å². The highest BCUT2D eigenvalue weighted by atomic mass is 14.3. The molecule has 0 aliphatic rings. The molecule has 0 spiro atoms. The molecule has 0 amide bonds. The molecule has 0 atom stereocenters. The van der Waals surface area contributed by atoms with Crippen LogP contribution in [0.15, 0.2) is 109 Å². The largest absolute Gasteiger partial charge is 0.0619 e. The molecule has 0 N–H and O–H groups in total. The highest BCUT2D eigenvalue weighted by Gasteiger charge is 2.28. The molecule has 0 nitrogen and oxygen atoms in total. The van der Waals surface area contributed by atoms with Crippen molar-refractivity contribution < 1.29 is 0 Å². The highest BCUT2D eigenvalue weighted by molar-refractivity contribution is 5.98. The summed E-state index contributed by atoms with van der Waals surface area (Å²) in [7, 11) is 0. The van der Waals surface area contributed by atoms with Gasteiger partial charge in [0, 0.05) is 0 Å². The topological polar surface area (TPSA) is 0 Å². The van der Waals surface area contributed by atoms with Crippen LogP contribution in [0.3, 0.4) is 0 Å². The summed E-state index contributed by atoms with van der Waals surface area (Å²) in [4.78, 5) is 0. The molecule has 46 heavy (non-hydrogen) atoms. The first-order valence-electron chi connectivity index (χ1n) is 17.0. The molecule has 5 aromatic rings. The summed E-state index contributed by atoms with van der Waals surface area (Å²) in [5, 5.41) is 0. The van der Waals surface area contributed by atoms with Gasteiger partial charge in [0.1, 0.15) is 0 Å². The molecule has 0 radical (unpaired) electrons. The minimum atomic E-state index is -0.0155. The fourth-order valence-corrected chi connectivity index (χ4v) is 6.98. The van der Waals surface area contributed by atoms with Crippen LogP contribution in [0, 0.1) is 0 Å². The van der Waals surface area contributed by atoms with Crippen molar-refractivity contribution in [2.24, 2.45) is 0 Å². The van der Waals surface area contributed by atoms with E-state index in [4.69, 9.17) is 0 Å². The second kappa shape index (κ2) is 12.0. The third kappa shape index (κ3) is 6.64. The quantitative estimate of drug-likeness (QED) is 0.191. The third-order valence-corrected chi connectivity index (χ3v) is 9.26. The lowest BCUT2D eigenvalue weighted by atomic mass is 9.74. The van der Waals surface area contributed by atoms with Gasteiger partial charge in [-0.15, -0.1) is 0 Å². The second-order valence-electron chi connectivity index (χ2n) is 17.1. The first-order valence-corrected chi connectivity index (χ1v) is 17.0. The van der Waals surface area contributed by atoms with Crippen LogP contribution in [0.2, 0.25) is 0 Å². The lowest BCUT2D eigenvalue weighted by Crippen LogP contribution is -2.15. The van der Waals surface area contributed by atoms with Crippen molar-refractivity contribution in [3.05, 3.63) is 131 Å². The molecule has 238 valence electrons. The summed E-state index contributed by atoms with van der Waals surface area (Å²) in [5.41, 5.74) is 15.8. The van der Waals surface area contributed by atoms with Crippen molar-refractivity contribution in [1.82, 2.24) is 0 Å². The predicted molar refractivity (Wildman–Crippen MR) is 203 cm³/mol. The zero-order chi connectivity index (χ0) is 33.7. The molecule has 0 bridgehead atoms. The van der Waals surface area contributed by atoms with Crippen LogP contribution in [0.5, 0.6) is 0 Å². The van der Waals surface area contributed by atoms with Crippen molar-refractivity contribution in [3.8, 4) is 44.5 Å². The fourth-order valence-electron chi connectivity index (χ4n) is 6.98. The maximum absolute atomic E-state index is 2.53. The SMILES string of the molecule is CC(C)(C)c1ccccc1-c1cc(-c2ccccc2C(C)(C)C)c(-c2ccccc2C(C)(C)C)cc1-c1ccccc1C(C)(C)C. The zero-order valence-electron chi connectivity index (χ0n) is 30.4. The summed E-state index contributed by atoms with van der Waals surface area (Å²) in [6.45, 7) is 28.0. The Hall–Kier alpha value is -3.90. The number of benzene rings is 5. The van der Waals surface area contributed by atoms with E-state index in [-0.39, 0.29) is 21.7 Å². The monoisotopic (exact) mass is 606 g/mol. The Morgan fingerprint density at radius 2 is 0.413 bits per heavy atom. The summed E-state index contributed by atoms with van der Waals surface area (Å²) >= 11 is 0. The van der Waals surface area contributed by atoms with Crippen molar-refractivity contribution >= 4 is 0 Å². The van der Waals surface area contributed by atoms with Crippen LogP contribution in [0.4, 0.5) is 0 Å². The van der Waals surface area contributed by atoms with Crippen molar-refractivity contribution in [2.75, 3.05) is 0 Å². The van der Waals surface area contributed by atoms with Crippen molar-refractivity contribution in [3.63, 3.8) is 0 Å². The minimum absolute atomic E-state index is 0.0155. The Labute approximate surface area is 279 Å². The van der Waals surface area contributed by atoms with Crippen LogP contribution in [-0.4, -0.2) is 0 Å².